The Morgan fingerprint density at radius 2 is 1.71 bits per heavy atom. The number of aromatic nitrogens is 1. The Morgan fingerprint density at radius 3 is 2.46 bits per heavy atom. The number of carbonyl (C=O) groups is 1. The van der Waals surface area contributed by atoms with Crippen molar-refractivity contribution in [2.75, 3.05) is 0 Å². The number of hydrogen-bond donors (Lipinski definition) is 0. The third kappa shape index (κ3) is 3.03. The zero-order valence-electron chi connectivity index (χ0n) is 13.9. The summed E-state index contributed by atoms with van der Waals surface area (Å²) in [4.78, 5) is 12.6. The Bertz CT molecular complexity index is 1240. The van der Waals surface area contributed by atoms with Gasteiger partial charge >= 0.3 is 6.18 Å². The summed E-state index contributed by atoms with van der Waals surface area (Å²) in [5, 5.41) is 4.48. The Labute approximate surface area is 157 Å². The molecular weight excluding hydrogens is 395 g/mol. The van der Waals surface area contributed by atoms with Crippen LogP contribution in [0.3, 0.4) is 0 Å². The lowest BCUT2D eigenvalue weighted by Gasteiger charge is -2.13. The number of nitrogens with zero attached hydrogens (tertiary/aromatic N) is 1. The van der Waals surface area contributed by atoms with Crippen molar-refractivity contribution in [2.45, 2.75) is 11.1 Å². The molecule has 142 valence electrons. The number of alkyl halides is 3. The number of allylic oxidation sites excluding steroid dienone is 1. The van der Waals surface area contributed by atoms with Gasteiger partial charge in [0.2, 0.25) is 9.84 Å². The molecule has 1 aliphatic rings. The summed E-state index contributed by atoms with van der Waals surface area (Å²) in [6.07, 6.45) is -4.53. The zero-order valence-corrected chi connectivity index (χ0v) is 14.7. The van der Waals surface area contributed by atoms with Crippen LogP contribution in [0.4, 0.5) is 13.2 Å². The summed E-state index contributed by atoms with van der Waals surface area (Å²) < 4.78 is 68.6. The van der Waals surface area contributed by atoms with E-state index in [1.165, 1.54) is 42.5 Å². The van der Waals surface area contributed by atoms with Gasteiger partial charge in [0.15, 0.2) is 11.5 Å². The maximum Gasteiger partial charge on any atom is 0.416 e. The van der Waals surface area contributed by atoms with E-state index in [1.54, 1.807) is 0 Å². The first-order chi connectivity index (χ1) is 13.2. The van der Waals surface area contributed by atoms with Crippen LogP contribution in [-0.4, -0.2) is 19.4 Å². The van der Waals surface area contributed by atoms with Gasteiger partial charge in [-0.05, 0) is 24.3 Å². The summed E-state index contributed by atoms with van der Waals surface area (Å²) in [5.41, 5.74) is -0.927. The number of benzene rings is 2. The van der Waals surface area contributed by atoms with Crippen LogP contribution in [0, 0.1) is 0 Å². The lowest BCUT2D eigenvalue weighted by molar-refractivity contribution is -0.137. The fourth-order valence-electron chi connectivity index (χ4n) is 2.88. The quantitative estimate of drug-likeness (QED) is 0.633. The van der Waals surface area contributed by atoms with Gasteiger partial charge in [-0.15, -0.1) is 0 Å². The van der Waals surface area contributed by atoms with Crippen LogP contribution in [-0.2, 0) is 16.0 Å². The van der Waals surface area contributed by atoms with Crippen LogP contribution in [0.2, 0.25) is 0 Å². The standard InChI is InChI=1S/C19H10F3NO4S/c20-19(21,22)12-5-3-4-11(8-12)15-9-16(27-23-15)14-10-28(25,26)17-7-2-1-6-13(17)18(14)24/h1-10H. The third-order valence-electron chi connectivity index (χ3n) is 4.22. The first kappa shape index (κ1) is 18.2. The highest BCUT2D eigenvalue weighted by atomic mass is 32.2. The van der Waals surface area contributed by atoms with Crippen LogP contribution in [0.5, 0.6) is 0 Å². The number of fused-ring (bicyclic) bond motifs is 1. The van der Waals surface area contributed by atoms with Crippen molar-refractivity contribution in [3.8, 4) is 11.3 Å². The Morgan fingerprint density at radius 1 is 0.964 bits per heavy atom. The first-order valence-corrected chi connectivity index (χ1v) is 9.47. The minimum atomic E-state index is -4.53. The molecule has 0 N–H and O–H groups in total. The second-order valence-corrected chi connectivity index (χ2v) is 7.82. The maximum atomic E-state index is 12.9. The van der Waals surface area contributed by atoms with E-state index in [4.69, 9.17) is 4.52 Å². The topological polar surface area (TPSA) is 77.2 Å². The van der Waals surface area contributed by atoms with Crippen LogP contribution in [0.25, 0.3) is 16.8 Å². The number of carbonyl (C=O) groups excluding carboxylic acids is 1. The minimum Gasteiger partial charge on any atom is -0.355 e. The predicted molar refractivity (Wildman–Crippen MR) is 92.9 cm³/mol. The molecular formula is C19H10F3NO4S. The van der Waals surface area contributed by atoms with Gasteiger partial charge in [0.25, 0.3) is 0 Å². The number of Topliss-reactive ketones (excluding diaryl/α,β-unsaturated/α-hetero) is 1. The van der Waals surface area contributed by atoms with Crippen molar-refractivity contribution in [1.29, 1.82) is 0 Å². The van der Waals surface area contributed by atoms with Crippen molar-refractivity contribution in [2.24, 2.45) is 0 Å². The van der Waals surface area contributed by atoms with Gasteiger partial charge in [-0.25, -0.2) is 8.42 Å². The zero-order chi connectivity index (χ0) is 20.1. The van der Waals surface area contributed by atoms with E-state index >= 15 is 0 Å². The molecule has 0 saturated heterocycles. The van der Waals surface area contributed by atoms with Gasteiger partial charge < -0.3 is 4.52 Å². The lowest BCUT2D eigenvalue weighted by Crippen LogP contribution is -2.15. The molecule has 3 aromatic rings. The molecule has 0 radical (unpaired) electrons. The average Bonchev–Trinajstić information content (AvgIpc) is 3.14. The lowest BCUT2D eigenvalue weighted by atomic mass is 10.0. The smallest absolute Gasteiger partial charge is 0.355 e. The van der Waals surface area contributed by atoms with E-state index in [-0.39, 0.29) is 33.0 Å². The van der Waals surface area contributed by atoms with Gasteiger partial charge in [-0.2, -0.15) is 13.2 Å². The van der Waals surface area contributed by atoms with E-state index in [0.29, 0.717) is 0 Å². The molecule has 0 bridgehead atoms. The molecule has 2 heterocycles. The van der Waals surface area contributed by atoms with Crippen molar-refractivity contribution < 1.29 is 30.9 Å². The maximum absolute atomic E-state index is 12.9. The first-order valence-electron chi connectivity index (χ1n) is 7.92. The van der Waals surface area contributed by atoms with Crippen molar-refractivity contribution >= 4 is 21.2 Å². The van der Waals surface area contributed by atoms with Gasteiger partial charge in [0.1, 0.15) is 5.69 Å². The molecule has 0 saturated carbocycles. The van der Waals surface area contributed by atoms with E-state index in [0.717, 1.165) is 17.5 Å². The largest absolute Gasteiger partial charge is 0.416 e. The number of halogens is 3. The van der Waals surface area contributed by atoms with E-state index in [9.17, 15) is 26.4 Å². The van der Waals surface area contributed by atoms with Crippen LogP contribution >= 0.6 is 0 Å². The molecule has 0 amide bonds. The molecule has 1 aliphatic heterocycles. The average molecular weight is 405 g/mol. The monoisotopic (exact) mass is 405 g/mol. The highest BCUT2D eigenvalue weighted by Crippen LogP contribution is 2.35. The summed E-state index contributed by atoms with van der Waals surface area (Å²) in [7, 11) is -3.87. The molecule has 0 fully saturated rings. The summed E-state index contributed by atoms with van der Waals surface area (Å²) in [6.45, 7) is 0. The molecule has 5 nitrogen and oxygen atoms in total. The van der Waals surface area contributed by atoms with Gasteiger partial charge in [-0.1, -0.05) is 29.4 Å². The van der Waals surface area contributed by atoms with Gasteiger partial charge in [0.05, 0.1) is 21.4 Å². The number of rotatable bonds is 2. The molecule has 0 spiro atoms. The minimum absolute atomic E-state index is 0.00276. The SMILES string of the molecule is O=C1C(c2cc(-c3cccc(C(F)(F)F)c3)no2)=CS(=O)(=O)c2ccccc21. The van der Waals surface area contributed by atoms with Crippen LogP contribution in [0.15, 0.2) is 69.4 Å². The Hall–Kier alpha value is -3.20. The summed E-state index contributed by atoms with van der Waals surface area (Å²) in [6, 6.07) is 11.4. The van der Waals surface area contributed by atoms with Gasteiger partial charge in [0, 0.05) is 17.2 Å². The number of ketones is 1. The summed E-state index contributed by atoms with van der Waals surface area (Å²) >= 11 is 0. The van der Waals surface area contributed by atoms with Crippen LogP contribution < -0.4 is 0 Å². The fraction of sp³-hybridized carbons (Fsp3) is 0.0526. The van der Waals surface area contributed by atoms with E-state index in [2.05, 4.69) is 5.16 Å². The molecule has 9 heteroatoms. The van der Waals surface area contributed by atoms with Crippen LogP contribution in [0.1, 0.15) is 21.7 Å². The summed E-state index contributed by atoms with van der Waals surface area (Å²) in [5.74, 6) is -0.715. The Balaban J connectivity index is 1.77. The number of hydrogen-bond acceptors (Lipinski definition) is 5. The molecule has 1 aromatic heterocycles. The van der Waals surface area contributed by atoms with Crippen molar-refractivity contribution in [1.82, 2.24) is 5.16 Å². The third-order valence-corrected chi connectivity index (χ3v) is 5.73. The predicted octanol–water partition coefficient (Wildman–Crippen LogP) is 4.37. The highest BCUT2D eigenvalue weighted by molar-refractivity contribution is 7.94. The second-order valence-electron chi connectivity index (χ2n) is 6.06. The normalized spacial score (nSPS) is 15.8. The molecule has 0 aliphatic carbocycles. The molecule has 4 rings (SSSR count). The Kier molecular flexibility index (Phi) is 4.00. The van der Waals surface area contributed by atoms with Gasteiger partial charge in [-0.3, -0.25) is 4.79 Å². The molecule has 0 atom stereocenters. The van der Waals surface area contributed by atoms with E-state index in [1.807, 2.05) is 0 Å². The molecule has 0 unspecified atom stereocenters. The molecule has 28 heavy (non-hydrogen) atoms. The molecule has 2 aromatic carbocycles. The van der Waals surface area contributed by atoms with Crippen molar-refractivity contribution in [3.63, 3.8) is 0 Å². The number of sulfone groups is 1. The second kappa shape index (κ2) is 6.16. The van der Waals surface area contributed by atoms with E-state index < -0.39 is 27.4 Å². The highest BCUT2D eigenvalue weighted by Gasteiger charge is 2.33. The van der Waals surface area contributed by atoms with Crippen molar-refractivity contribution in [3.05, 3.63) is 76.9 Å². The fourth-order valence-corrected chi connectivity index (χ4v) is 4.28.